The molecule has 0 radical (unpaired) electrons. The highest BCUT2D eigenvalue weighted by Gasteiger charge is 2.28. The van der Waals surface area contributed by atoms with Crippen LogP contribution in [0.3, 0.4) is 0 Å². The number of fused-ring (bicyclic) bond motifs is 1. The fourth-order valence-electron chi connectivity index (χ4n) is 5.14. The molecule has 1 N–H and O–H groups in total. The summed E-state index contributed by atoms with van der Waals surface area (Å²) in [5.74, 6) is -0.476. The number of aryl methyl sites for hydroxylation is 3. The summed E-state index contributed by atoms with van der Waals surface area (Å²) >= 11 is 7.85. The Morgan fingerprint density at radius 1 is 0.977 bits per heavy atom. The summed E-state index contributed by atoms with van der Waals surface area (Å²) in [6.07, 6.45) is 2.89. The van der Waals surface area contributed by atoms with Crippen LogP contribution in [-0.2, 0) is 17.8 Å². The summed E-state index contributed by atoms with van der Waals surface area (Å²) in [5.41, 5.74) is 2.28. The SMILES string of the molecule is CCc1cc(C(=O)c2ccccc2Cl)c(-n2c(C)nnc2N(C)C(=O)c2cc3ccccc3n2CCCCCC(=O)O)s1. The number of para-hydroxylation sites is 1. The second kappa shape index (κ2) is 12.9. The molecule has 5 rings (SSSR count). The third kappa shape index (κ3) is 6.11. The number of amides is 1. The number of aliphatic carboxylic acids is 1. The second-order valence-electron chi connectivity index (χ2n) is 10.3. The summed E-state index contributed by atoms with van der Waals surface area (Å²) in [4.78, 5) is 41.2. The molecule has 11 heteroatoms. The number of benzene rings is 2. The summed E-state index contributed by atoms with van der Waals surface area (Å²) in [6.45, 7) is 4.38. The smallest absolute Gasteiger partial charge is 0.303 e. The first kappa shape index (κ1) is 30.2. The molecule has 0 aliphatic heterocycles. The van der Waals surface area contributed by atoms with Gasteiger partial charge in [0.05, 0.1) is 10.6 Å². The topological polar surface area (TPSA) is 110 Å². The number of carbonyl (C=O) groups excluding carboxylic acids is 2. The van der Waals surface area contributed by atoms with Gasteiger partial charge < -0.3 is 9.67 Å². The van der Waals surface area contributed by atoms with Gasteiger partial charge in [-0.1, -0.05) is 55.3 Å². The third-order valence-corrected chi connectivity index (χ3v) is 8.99. The van der Waals surface area contributed by atoms with Gasteiger partial charge in [0.15, 0.2) is 5.78 Å². The highest BCUT2D eigenvalue weighted by atomic mass is 35.5. The lowest BCUT2D eigenvalue weighted by Gasteiger charge is -2.19. The number of carbonyl (C=O) groups is 3. The van der Waals surface area contributed by atoms with Crippen molar-refractivity contribution in [2.24, 2.45) is 0 Å². The van der Waals surface area contributed by atoms with Crippen LogP contribution in [0.1, 0.15) is 69.7 Å². The van der Waals surface area contributed by atoms with Gasteiger partial charge in [-0.15, -0.1) is 21.5 Å². The molecule has 9 nitrogen and oxygen atoms in total. The quantitative estimate of drug-likeness (QED) is 0.120. The number of nitrogens with zero attached hydrogens (tertiary/aromatic N) is 5. The van der Waals surface area contributed by atoms with Crippen molar-refractivity contribution in [1.29, 1.82) is 0 Å². The number of thiophene rings is 1. The summed E-state index contributed by atoms with van der Waals surface area (Å²) in [6, 6.07) is 18.5. The molecule has 0 atom stereocenters. The lowest BCUT2D eigenvalue weighted by molar-refractivity contribution is -0.137. The molecule has 1 amide bonds. The van der Waals surface area contributed by atoms with Crippen LogP contribution in [0.4, 0.5) is 5.95 Å². The van der Waals surface area contributed by atoms with Crippen LogP contribution >= 0.6 is 22.9 Å². The van der Waals surface area contributed by atoms with E-state index in [0.717, 1.165) is 35.0 Å². The molecule has 0 saturated heterocycles. The first-order valence-corrected chi connectivity index (χ1v) is 15.3. The van der Waals surface area contributed by atoms with Gasteiger partial charge in [0.2, 0.25) is 5.95 Å². The van der Waals surface area contributed by atoms with Gasteiger partial charge in [-0.25, -0.2) is 0 Å². The molecule has 0 fully saturated rings. The minimum atomic E-state index is -0.808. The van der Waals surface area contributed by atoms with E-state index in [1.54, 1.807) is 42.8 Å². The van der Waals surface area contributed by atoms with E-state index in [0.29, 0.717) is 51.6 Å². The normalized spacial score (nSPS) is 11.3. The molecule has 222 valence electrons. The molecule has 5 aromatic rings. The number of aromatic nitrogens is 4. The number of rotatable bonds is 12. The van der Waals surface area contributed by atoms with Gasteiger partial charge in [0.1, 0.15) is 16.5 Å². The van der Waals surface area contributed by atoms with Crippen LogP contribution in [0.5, 0.6) is 0 Å². The van der Waals surface area contributed by atoms with Crippen LogP contribution in [0, 0.1) is 6.92 Å². The molecule has 0 unspecified atom stereocenters. The van der Waals surface area contributed by atoms with Crippen molar-refractivity contribution < 1.29 is 19.5 Å². The van der Waals surface area contributed by atoms with Crippen molar-refractivity contribution in [3.05, 3.63) is 93.2 Å². The highest BCUT2D eigenvalue weighted by molar-refractivity contribution is 7.15. The molecular weight excluding hydrogens is 586 g/mol. The molecule has 0 spiro atoms. The number of anilines is 1. The zero-order valence-corrected chi connectivity index (χ0v) is 25.8. The molecule has 0 aliphatic rings. The minimum absolute atomic E-state index is 0.124. The molecule has 0 aliphatic carbocycles. The maximum Gasteiger partial charge on any atom is 0.303 e. The zero-order valence-electron chi connectivity index (χ0n) is 24.2. The highest BCUT2D eigenvalue weighted by Crippen LogP contribution is 2.34. The van der Waals surface area contributed by atoms with Crippen molar-refractivity contribution in [3.8, 4) is 5.00 Å². The largest absolute Gasteiger partial charge is 0.481 e. The lowest BCUT2D eigenvalue weighted by Crippen LogP contribution is -2.31. The molecule has 43 heavy (non-hydrogen) atoms. The average molecular weight is 618 g/mol. The van der Waals surface area contributed by atoms with Crippen LogP contribution in [0.2, 0.25) is 5.02 Å². The van der Waals surface area contributed by atoms with Gasteiger partial charge in [-0.3, -0.25) is 23.9 Å². The summed E-state index contributed by atoms with van der Waals surface area (Å²) in [5, 5.41) is 19.6. The molecule has 0 bridgehead atoms. The predicted molar refractivity (Wildman–Crippen MR) is 169 cm³/mol. The van der Waals surface area contributed by atoms with Crippen molar-refractivity contribution in [2.45, 2.75) is 52.5 Å². The fraction of sp³-hybridized carbons (Fsp3) is 0.281. The van der Waals surface area contributed by atoms with Crippen molar-refractivity contribution >= 4 is 57.4 Å². The molecule has 2 aromatic carbocycles. The molecular formula is C32H32ClN5O4S. The van der Waals surface area contributed by atoms with E-state index < -0.39 is 5.97 Å². The monoisotopic (exact) mass is 617 g/mol. The van der Waals surface area contributed by atoms with Crippen LogP contribution in [0.25, 0.3) is 15.9 Å². The van der Waals surface area contributed by atoms with Crippen LogP contribution in [0.15, 0.2) is 60.7 Å². The Morgan fingerprint density at radius 3 is 2.47 bits per heavy atom. The Morgan fingerprint density at radius 2 is 1.72 bits per heavy atom. The zero-order chi connectivity index (χ0) is 30.7. The van der Waals surface area contributed by atoms with Gasteiger partial charge in [-0.2, -0.15) is 0 Å². The molecule has 3 aromatic heterocycles. The van der Waals surface area contributed by atoms with Gasteiger partial charge in [0, 0.05) is 41.4 Å². The van der Waals surface area contributed by atoms with E-state index in [9.17, 15) is 14.4 Å². The number of halogens is 1. The number of hydrogen-bond donors (Lipinski definition) is 1. The number of carboxylic acids is 1. The summed E-state index contributed by atoms with van der Waals surface area (Å²) < 4.78 is 3.74. The van der Waals surface area contributed by atoms with E-state index in [1.807, 2.05) is 47.9 Å². The first-order chi connectivity index (χ1) is 20.7. The van der Waals surface area contributed by atoms with Gasteiger partial charge in [-0.05, 0) is 56.5 Å². The Hall–Kier alpha value is -4.28. The number of ketones is 1. The number of hydrogen-bond acceptors (Lipinski definition) is 6. The molecule has 0 saturated carbocycles. The van der Waals surface area contributed by atoms with Crippen molar-refractivity contribution in [3.63, 3.8) is 0 Å². The number of carboxylic acid groups (broad SMARTS) is 1. The Labute approximate surface area is 258 Å². The number of unbranched alkanes of at least 4 members (excludes halogenated alkanes) is 2. The first-order valence-electron chi connectivity index (χ1n) is 14.1. The van der Waals surface area contributed by atoms with E-state index in [1.165, 1.54) is 16.2 Å². The maximum atomic E-state index is 14.1. The van der Waals surface area contributed by atoms with Crippen LogP contribution < -0.4 is 4.90 Å². The Bertz CT molecular complexity index is 1820. The van der Waals surface area contributed by atoms with Crippen molar-refractivity contribution in [2.75, 3.05) is 11.9 Å². The van der Waals surface area contributed by atoms with E-state index >= 15 is 0 Å². The lowest BCUT2D eigenvalue weighted by atomic mass is 10.0. The van der Waals surface area contributed by atoms with Crippen LogP contribution in [-0.4, -0.2) is 49.1 Å². The second-order valence-corrected chi connectivity index (χ2v) is 11.8. The summed E-state index contributed by atoms with van der Waals surface area (Å²) in [7, 11) is 1.65. The standard InChI is InChI=1S/C32H32ClN5O4S/c1-4-22-19-24(29(41)23-13-8-9-14-25(23)33)31(43-22)38-20(2)34-35-32(38)36(3)30(42)27-18-21-12-7-10-15-26(21)37(27)17-11-5-6-16-28(39)40/h7-10,12-15,18-19H,4-6,11,16-17H2,1-3H3,(H,39,40). The Kier molecular flexibility index (Phi) is 9.08. The maximum absolute atomic E-state index is 14.1. The average Bonchev–Trinajstić information content (AvgIpc) is 3.70. The predicted octanol–water partition coefficient (Wildman–Crippen LogP) is 6.96. The van der Waals surface area contributed by atoms with Crippen molar-refractivity contribution in [1.82, 2.24) is 19.3 Å². The minimum Gasteiger partial charge on any atom is -0.481 e. The van der Waals surface area contributed by atoms with E-state index in [-0.39, 0.29) is 18.1 Å². The van der Waals surface area contributed by atoms with E-state index in [4.69, 9.17) is 16.7 Å². The van der Waals surface area contributed by atoms with E-state index in [2.05, 4.69) is 10.2 Å². The van der Waals surface area contributed by atoms with Gasteiger partial charge >= 0.3 is 5.97 Å². The van der Waals surface area contributed by atoms with Gasteiger partial charge in [0.25, 0.3) is 5.91 Å². The Balaban J connectivity index is 1.52. The third-order valence-electron chi connectivity index (χ3n) is 7.39. The molecule has 3 heterocycles. The fourth-order valence-corrected chi connectivity index (χ4v) is 6.50.